The number of aryl methyl sites for hydroxylation is 1. The van der Waals surface area contributed by atoms with Gasteiger partial charge in [0.1, 0.15) is 10.6 Å². The number of hydrogen-bond acceptors (Lipinski definition) is 5. The average Bonchev–Trinajstić information content (AvgIpc) is 2.56. The van der Waals surface area contributed by atoms with Crippen molar-refractivity contribution in [3.05, 3.63) is 16.8 Å². The van der Waals surface area contributed by atoms with Gasteiger partial charge in [-0.15, -0.1) is 11.3 Å². The summed E-state index contributed by atoms with van der Waals surface area (Å²) in [5, 5.41) is 12.6. The van der Waals surface area contributed by atoms with Crippen molar-refractivity contribution in [3.8, 4) is 0 Å². The molecule has 6 heteroatoms. The molecular weight excluding hydrogens is 214 g/mol. The fourth-order valence-corrected chi connectivity index (χ4v) is 2.21. The summed E-state index contributed by atoms with van der Waals surface area (Å²) in [6.07, 6.45) is 0. The summed E-state index contributed by atoms with van der Waals surface area (Å²) in [5.74, 6) is -0.727. The number of fused-ring (bicyclic) bond motifs is 1. The Morgan fingerprint density at radius 1 is 1.53 bits per heavy atom. The zero-order valence-corrected chi connectivity index (χ0v) is 9.05. The Labute approximate surface area is 89.8 Å². The van der Waals surface area contributed by atoms with Crippen molar-refractivity contribution < 1.29 is 9.90 Å². The van der Waals surface area contributed by atoms with Gasteiger partial charge in [0.2, 0.25) is 5.82 Å². The molecule has 0 fully saturated rings. The lowest BCUT2D eigenvalue weighted by Crippen LogP contribution is -2.06. The van der Waals surface area contributed by atoms with Gasteiger partial charge in [0.05, 0.1) is 5.39 Å². The number of thiophene rings is 1. The molecule has 5 nitrogen and oxygen atoms in total. The topological polar surface area (TPSA) is 75.1 Å². The highest BCUT2D eigenvalue weighted by atomic mass is 32.1. The molecule has 0 unspecified atom stereocenters. The number of hydrogen-bond donors (Lipinski definition) is 2. The first-order valence-corrected chi connectivity index (χ1v) is 5.12. The number of carbonyl (C=O) groups is 1. The highest BCUT2D eigenvalue weighted by Crippen LogP contribution is 2.28. The highest BCUT2D eigenvalue weighted by Gasteiger charge is 2.13. The lowest BCUT2D eigenvalue weighted by Gasteiger charge is -2.01. The lowest BCUT2D eigenvalue weighted by atomic mass is 10.3. The Hall–Kier alpha value is -1.69. The van der Waals surface area contributed by atoms with E-state index in [1.54, 1.807) is 7.05 Å². The quantitative estimate of drug-likeness (QED) is 0.811. The van der Waals surface area contributed by atoms with E-state index in [9.17, 15) is 4.79 Å². The average molecular weight is 223 g/mol. The third kappa shape index (κ3) is 1.63. The van der Waals surface area contributed by atoms with Gasteiger partial charge < -0.3 is 10.4 Å². The van der Waals surface area contributed by atoms with E-state index in [-0.39, 0.29) is 5.82 Å². The molecular formula is C9H9N3O2S. The molecule has 0 aliphatic carbocycles. The van der Waals surface area contributed by atoms with E-state index in [1.165, 1.54) is 11.3 Å². The predicted octanol–water partition coefficient (Wildman–Crippen LogP) is 1.74. The number of aromatic carboxylic acids is 1. The fourth-order valence-electron chi connectivity index (χ4n) is 1.33. The summed E-state index contributed by atoms with van der Waals surface area (Å²) in [5.41, 5.74) is 0. The van der Waals surface area contributed by atoms with Crippen LogP contribution in [0.15, 0.2) is 6.07 Å². The first-order valence-electron chi connectivity index (χ1n) is 4.31. The number of nitrogens with zero attached hydrogens (tertiary/aromatic N) is 2. The van der Waals surface area contributed by atoms with Gasteiger partial charge in [0.25, 0.3) is 0 Å². The summed E-state index contributed by atoms with van der Waals surface area (Å²) in [6.45, 7) is 1.95. The molecule has 0 aliphatic heterocycles. The number of nitrogens with one attached hydrogen (secondary N) is 1. The Kier molecular flexibility index (Phi) is 2.28. The molecule has 0 amide bonds. The fraction of sp³-hybridized carbons (Fsp3) is 0.222. The van der Waals surface area contributed by atoms with E-state index in [0.717, 1.165) is 10.3 Å². The molecule has 2 N–H and O–H groups in total. The summed E-state index contributed by atoms with van der Waals surface area (Å²) in [6, 6.07) is 1.94. The van der Waals surface area contributed by atoms with Crippen LogP contribution in [0.3, 0.4) is 0 Å². The Morgan fingerprint density at radius 2 is 2.27 bits per heavy atom. The predicted molar refractivity (Wildman–Crippen MR) is 58.7 cm³/mol. The normalized spacial score (nSPS) is 10.5. The second-order valence-corrected chi connectivity index (χ2v) is 4.26. The molecule has 0 bridgehead atoms. The van der Waals surface area contributed by atoms with Crippen molar-refractivity contribution >= 4 is 33.3 Å². The second-order valence-electron chi connectivity index (χ2n) is 3.03. The zero-order valence-electron chi connectivity index (χ0n) is 8.24. The molecule has 2 aromatic rings. The van der Waals surface area contributed by atoms with E-state index >= 15 is 0 Å². The van der Waals surface area contributed by atoms with Crippen LogP contribution in [-0.2, 0) is 0 Å². The monoisotopic (exact) mass is 223 g/mol. The van der Waals surface area contributed by atoms with E-state index < -0.39 is 5.97 Å². The maximum absolute atomic E-state index is 10.8. The molecule has 0 spiro atoms. The number of rotatable bonds is 2. The lowest BCUT2D eigenvalue weighted by molar-refractivity contribution is 0.0684. The number of anilines is 1. The van der Waals surface area contributed by atoms with Crippen molar-refractivity contribution in [1.82, 2.24) is 9.97 Å². The third-order valence-electron chi connectivity index (χ3n) is 1.94. The van der Waals surface area contributed by atoms with Crippen LogP contribution in [-0.4, -0.2) is 28.1 Å². The van der Waals surface area contributed by atoms with Crippen molar-refractivity contribution in [2.24, 2.45) is 0 Å². The van der Waals surface area contributed by atoms with Gasteiger partial charge in [-0.25, -0.2) is 14.8 Å². The van der Waals surface area contributed by atoms with Crippen LogP contribution in [0.2, 0.25) is 0 Å². The Morgan fingerprint density at radius 3 is 2.87 bits per heavy atom. The zero-order chi connectivity index (χ0) is 11.0. The summed E-state index contributed by atoms with van der Waals surface area (Å²) < 4.78 is 0. The van der Waals surface area contributed by atoms with Crippen molar-refractivity contribution in [3.63, 3.8) is 0 Å². The van der Waals surface area contributed by atoms with Crippen LogP contribution in [0.25, 0.3) is 10.2 Å². The van der Waals surface area contributed by atoms with E-state index in [4.69, 9.17) is 5.11 Å². The van der Waals surface area contributed by atoms with Gasteiger partial charge in [-0.3, -0.25) is 0 Å². The maximum atomic E-state index is 10.8. The molecule has 0 radical (unpaired) electrons. The third-order valence-corrected chi connectivity index (χ3v) is 2.89. The molecule has 0 saturated carbocycles. The number of carboxylic acid groups (broad SMARTS) is 1. The molecule has 0 aliphatic rings. The van der Waals surface area contributed by atoms with Gasteiger partial charge in [-0.1, -0.05) is 0 Å². The van der Waals surface area contributed by atoms with Crippen molar-refractivity contribution in [2.45, 2.75) is 6.92 Å². The SMILES string of the molecule is CNc1nc(C(=O)O)nc2sc(C)cc12. The number of aromatic nitrogens is 2. The van der Waals surface area contributed by atoms with Crippen molar-refractivity contribution in [2.75, 3.05) is 12.4 Å². The van der Waals surface area contributed by atoms with Gasteiger partial charge in [0, 0.05) is 11.9 Å². The molecule has 2 heterocycles. The minimum absolute atomic E-state index is 0.172. The molecule has 2 aromatic heterocycles. The first kappa shape index (κ1) is 9.85. The maximum Gasteiger partial charge on any atom is 0.374 e. The molecule has 2 rings (SSSR count). The van der Waals surface area contributed by atoms with Crippen molar-refractivity contribution in [1.29, 1.82) is 0 Å². The van der Waals surface area contributed by atoms with Gasteiger partial charge in [-0.2, -0.15) is 0 Å². The van der Waals surface area contributed by atoms with Crippen LogP contribution in [0.4, 0.5) is 5.82 Å². The van der Waals surface area contributed by atoms with E-state index in [1.807, 2.05) is 13.0 Å². The minimum Gasteiger partial charge on any atom is -0.475 e. The van der Waals surface area contributed by atoms with Crippen LogP contribution >= 0.6 is 11.3 Å². The molecule has 0 saturated heterocycles. The van der Waals surface area contributed by atoms with E-state index in [2.05, 4.69) is 15.3 Å². The van der Waals surface area contributed by atoms with Crippen LogP contribution in [0, 0.1) is 6.92 Å². The van der Waals surface area contributed by atoms with Crippen LogP contribution in [0.1, 0.15) is 15.5 Å². The summed E-state index contributed by atoms with van der Waals surface area (Å²) in [4.78, 5) is 20.4. The van der Waals surface area contributed by atoms with Crippen LogP contribution < -0.4 is 5.32 Å². The van der Waals surface area contributed by atoms with E-state index in [0.29, 0.717) is 10.6 Å². The van der Waals surface area contributed by atoms with Gasteiger partial charge >= 0.3 is 5.97 Å². The standard InChI is InChI=1S/C9H9N3O2S/c1-4-3-5-6(10-2)11-7(9(13)14)12-8(5)15-4/h3H,1-2H3,(H,13,14)(H,10,11,12). The second kappa shape index (κ2) is 3.47. The number of carboxylic acids is 1. The van der Waals surface area contributed by atoms with Gasteiger partial charge in [-0.05, 0) is 13.0 Å². The first-order chi connectivity index (χ1) is 7.11. The molecule has 15 heavy (non-hydrogen) atoms. The minimum atomic E-state index is -1.11. The van der Waals surface area contributed by atoms with Crippen LogP contribution in [0.5, 0.6) is 0 Å². The molecule has 0 aromatic carbocycles. The summed E-state index contributed by atoms with van der Waals surface area (Å²) >= 11 is 1.46. The molecule has 0 atom stereocenters. The van der Waals surface area contributed by atoms with Gasteiger partial charge in [0.15, 0.2) is 0 Å². The Balaban J connectivity index is 2.76. The largest absolute Gasteiger partial charge is 0.475 e. The highest BCUT2D eigenvalue weighted by molar-refractivity contribution is 7.18. The smallest absolute Gasteiger partial charge is 0.374 e. The summed E-state index contributed by atoms with van der Waals surface area (Å²) in [7, 11) is 1.71. The molecule has 78 valence electrons. The Bertz CT molecular complexity index is 535.